The lowest BCUT2D eigenvalue weighted by atomic mass is 10.3. The van der Waals surface area contributed by atoms with Crippen molar-refractivity contribution < 1.29 is 9.90 Å². The van der Waals surface area contributed by atoms with Gasteiger partial charge in [-0.05, 0) is 0 Å². The summed E-state index contributed by atoms with van der Waals surface area (Å²) < 4.78 is 1.50. The first kappa shape index (κ1) is 12.4. The Morgan fingerprint density at radius 1 is 1.61 bits per heavy atom. The number of nitrogens with zero attached hydrogens (tertiary/aromatic N) is 3. The molecule has 0 fully saturated rings. The summed E-state index contributed by atoms with van der Waals surface area (Å²) in [6.07, 6.45) is 2.71. The Balaban J connectivity index is 2.18. The number of H-pyrrole nitrogens is 1. The summed E-state index contributed by atoms with van der Waals surface area (Å²) in [5.41, 5.74) is 0.484. The van der Waals surface area contributed by atoms with Crippen molar-refractivity contribution in [2.24, 2.45) is 7.05 Å². The van der Waals surface area contributed by atoms with Crippen LogP contribution in [0.5, 0.6) is 0 Å². The number of thioether (sulfide) groups is 1. The van der Waals surface area contributed by atoms with Gasteiger partial charge < -0.3 is 10.1 Å². The number of aromatic amines is 1. The average molecular weight is 266 g/mol. The third kappa shape index (κ3) is 2.59. The number of aryl methyl sites for hydroxylation is 1. The van der Waals surface area contributed by atoms with E-state index in [2.05, 4.69) is 15.1 Å². The molecule has 2 aromatic rings. The van der Waals surface area contributed by atoms with Crippen molar-refractivity contribution >= 4 is 17.7 Å². The first-order chi connectivity index (χ1) is 8.58. The van der Waals surface area contributed by atoms with E-state index >= 15 is 0 Å². The summed E-state index contributed by atoms with van der Waals surface area (Å²) in [5, 5.41) is 13.3. The number of carboxylic acids is 1. The van der Waals surface area contributed by atoms with E-state index in [1.807, 2.05) is 0 Å². The van der Waals surface area contributed by atoms with Crippen molar-refractivity contribution in [3.05, 3.63) is 40.1 Å². The van der Waals surface area contributed by atoms with Gasteiger partial charge in [0.2, 0.25) is 0 Å². The fourth-order valence-electron chi connectivity index (χ4n) is 1.37. The molecule has 0 aliphatic heterocycles. The maximum Gasteiger partial charge on any atom is 0.339 e. The average Bonchev–Trinajstić information content (AvgIpc) is 2.68. The van der Waals surface area contributed by atoms with Gasteiger partial charge in [0.05, 0.1) is 11.9 Å². The molecule has 0 amide bonds. The van der Waals surface area contributed by atoms with Crippen molar-refractivity contribution in [3.8, 4) is 0 Å². The second-order valence-electron chi connectivity index (χ2n) is 3.46. The van der Waals surface area contributed by atoms with Gasteiger partial charge >= 0.3 is 5.97 Å². The Morgan fingerprint density at radius 3 is 3.06 bits per heavy atom. The van der Waals surface area contributed by atoms with E-state index in [1.165, 1.54) is 34.9 Å². The second kappa shape index (κ2) is 5.05. The van der Waals surface area contributed by atoms with Crippen LogP contribution in [0.25, 0.3) is 0 Å². The maximum absolute atomic E-state index is 11.1. The van der Waals surface area contributed by atoms with E-state index in [4.69, 9.17) is 5.11 Å². The molecule has 0 atom stereocenters. The molecule has 2 N–H and O–H groups in total. The normalized spacial score (nSPS) is 10.5. The summed E-state index contributed by atoms with van der Waals surface area (Å²) in [4.78, 5) is 28.6. The molecule has 18 heavy (non-hydrogen) atoms. The molecule has 0 unspecified atom stereocenters. The minimum Gasteiger partial charge on any atom is -0.478 e. The van der Waals surface area contributed by atoms with Crippen LogP contribution in [-0.4, -0.2) is 30.8 Å². The first-order valence-electron chi connectivity index (χ1n) is 5.00. The molecular weight excluding hydrogens is 256 g/mol. The molecule has 8 heteroatoms. The number of rotatable bonds is 4. The van der Waals surface area contributed by atoms with Gasteiger partial charge in [0.15, 0.2) is 5.16 Å². The third-order valence-electron chi connectivity index (χ3n) is 2.29. The highest BCUT2D eigenvalue weighted by Gasteiger charge is 2.15. The summed E-state index contributed by atoms with van der Waals surface area (Å²) >= 11 is 1.25. The fraction of sp³-hybridized carbons (Fsp3) is 0.200. The smallest absolute Gasteiger partial charge is 0.339 e. The zero-order chi connectivity index (χ0) is 13.1. The van der Waals surface area contributed by atoms with Gasteiger partial charge in [-0.15, -0.1) is 0 Å². The highest BCUT2D eigenvalue weighted by molar-refractivity contribution is 7.98. The van der Waals surface area contributed by atoms with E-state index in [0.717, 1.165) is 0 Å². The monoisotopic (exact) mass is 266 g/mol. The lowest BCUT2D eigenvalue weighted by molar-refractivity contribution is 0.0696. The quantitative estimate of drug-likeness (QED) is 0.617. The summed E-state index contributed by atoms with van der Waals surface area (Å²) in [7, 11) is 1.67. The molecule has 7 nitrogen and oxygen atoms in total. The minimum absolute atomic E-state index is 0.156. The van der Waals surface area contributed by atoms with Gasteiger partial charge in [-0.2, -0.15) is 5.10 Å². The highest BCUT2D eigenvalue weighted by Crippen LogP contribution is 2.20. The molecule has 0 radical (unpaired) electrons. The fourth-order valence-corrected chi connectivity index (χ4v) is 2.30. The summed E-state index contributed by atoms with van der Waals surface area (Å²) in [6.45, 7) is 0. The SMILES string of the molecule is Cn1ncc(C(=O)O)c1CSc1nccc(=O)[nH]1. The van der Waals surface area contributed by atoms with Crippen molar-refractivity contribution in [1.29, 1.82) is 0 Å². The molecule has 0 saturated carbocycles. The third-order valence-corrected chi connectivity index (χ3v) is 3.18. The van der Waals surface area contributed by atoms with Gasteiger partial charge in [0.1, 0.15) is 5.56 Å². The lowest BCUT2D eigenvalue weighted by Crippen LogP contribution is -2.07. The summed E-state index contributed by atoms with van der Waals surface area (Å²) in [6, 6.07) is 1.32. The van der Waals surface area contributed by atoms with Gasteiger partial charge in [0, 0.05) is 25.1 Å². The topological polar surface area (TPSA) is 101 Å². The van der Waals surface area contributed by atoms with Crippen LogP contribution in [0.4, 0.5) is 0 Å². The van der Waals surface area contributed by atoms with E-state index < -0.39 is 5.97 Å². The number of hydrogen-bond donors (Lipinski definition) is 2. The minimum atomic E-state index is -1.02. The predicted octanol–water partition coefficient (Wildman–Crippen LogP) is 0.494. The first-order valence-corrected chi connectivity index (χ1v) is 5.99. The van der Waals surface area contributed by atoms with Gasteiger partial charge in [-0.3, -0.25) is 9.48 Å². The highest BCUT2D eigenvalue weighted by atomic mass is 32.2. The molecule has 0 saturated heterocycles. The molecule has 94 valence electrons. The Hall–Kier alpha value is -2.09. The van der Waals surface area contributed by atoms with Crippen LogP contribution in [0.2, 0.25) is 0 Å². The Labute approximate surface area is 106 Å². The molecule has 2 rings (SSSR count). The van der Waals surface area contributed by atoms with E-state index in [1.54, 1.807) is 7.05 Å². The molecule has 0 aliphatic rings. The number of hydrogen-bond acceptors (Lipinski definition) is 5. The maximum atomic E-state index is 11.1. The van der Waals surface area contributed by atoms with Crippen molar-refractivity contribution in [3.63, 3.8) is 0 Å². The zero-order valence-electron chi connectivity index (χ0n) is 9.45. The summed E-state index contributed by atoms with van der Waals surface area (Å²) in [5.74, 6) is -0.654. The number of nitrogens with one attached hydrogen (secondary N) is 1. The molecular formula is C10H10N4O3S. The Morgan fingerprint density at radius 2 is 2.39 bits per heavy atom. The van der Waals surface area contributed by atoms with Crippen LogP contribution in [-0.2, 0) is 12.8 Å². The largest absolute Gasteiger partial charge is 0.478 e. The lowest BCUT2D eigenvalue weighted by Gasteiger charge is -2.03. The molecule has 0 spiro atoms. The van der Waals surface area contributed by atoms with Crippen LogP contribution >= 0.6 is 11.8 Å². The number of carbonyl (C=O) groups is 1. The Bertz CT molecular complexity index is 634. The van der Waals surface area contributed by atoms with Crippen LogP contribution in [0, 0.1) is 0 Å². The molecule has 2 heterocycles. The van der Waals surface area contributed by atoms with Crippen molar-refractivity contribution in [2.45, 2.75) is 10.9 Å². The van der Waals surface area contributed by atoms with E-state index in [-0.39, 0.29) is 11.1 Å². The van der Waals surface area contributed by atoms with Crippen LogP contribution in [0.15, 0.2) is 28.4 Å². The standard InChI is InChI=1S/C10H10N4O3S/c1-14-7(6(4-12-14)9(16)17)5-18-10-11-3-2-8(15)13-10/h2-4H,5H2,1H3,(H,16,17)(H,11,13,15). The zero-order valence-corrected chi connectivity index (χ0v) is 10.3. The van der Waals surface area contributed by atoms with Crippen LogP contribution in [0.3, 0.4) is 0 Å². The van der Waals surface area contributed by atoms with Crippen LogP contribution < -0.4 is 5.56 Å². The second-order valence-corrected chi connectivity index (χ2v) is 4.43. The van der Waals surface area contributed by atoms with E-state index in [9.17, 15) is 9.59 Å². The predicted molar refractivity (Wildman–Crippen MR) is 64.6 cm³/mol. The van der Waals surface area contributed by atoms with Gasteiger partial charge in [0.25, 0.3) is 5.56 Å². The van der Waals surface area contributed by atoms with Crippen molar-refractivity contribution in [1.82, 2.24) is 19.7 Å². The molecule has 2 aromatic heterocycles. The molecule has 0 aliphatic carbocycles. The van der Waals surface area contributed by atoms with Crippen LogP contribution in [0.1, 0.15) is 16.1 Å². The number of carboxylic acid groups (broad SMARTS) is 1. The molecule has 0 aromatic carbocycles. The van der Waals surface area contributed by atoms with Gasteiger partial charge in [-0.1, -0.05) is 11.8 Å². The van der Waals surface area contributed by atoms with Gasteiger partial charge in [-0.25, -0.2) is 9.78 Å². The van der Waals surface area contributed by atoms with E-state index in [0.29, 0.717) is 16.6 Å². The number of aromatic nitrogens is 4. The Kier molecular flexibility index (Phi) is 3.47. The van der Waals surface area contributed by atoms with Crippen molar-refractivity contribution in [2.75, 3.05) is 0 Å². The molecule has 0 bridgehead atoms. The number of aromatic carboxylic acids is 1.